The van der Waals surface area contributed by atoms with Crippen LogP contribution < -0.4 is 5.32 Å². The third-order valence-corrected chi connectivity index (χ3v) is 8.34. The van der Waals surface area contributed by atoms with Crippen molar-refractivity contribution in [1.82, 2.24) is 9.62 Å². The lowest BCUT2D eigenvalue weighted by molar-refractivity contribution is -0.122. The minimum atomic E-state index is -3.93. The number of carbonyl (C=O) groups excluding carboxylic acids is 1. The van der Waals surface area contributed by atoms with Gasteiger partial charge in [0.05, 0.1) is 17.5 Å². The maximum absolute atomic E-state index is 13.4. The third-order valence-electron chi connectivity index (χ3n) is 6.43. The smallest absolute Gasteiger partial charge is 0.243 e. The number of carbonyl (C=O) groups is 1. The van der Waals surface area contributed by atoms with Gasteiger partial charge in [-0.3, -0.25) is 4.79 Å². The first-order valence-corrected chi connectivity index (χ1v) is 12.7. The molecule has 7 heteroatoms. The molecule has 0 saturated heterocycles. The molecule has 0 radical (unpaired) electrons. The van der Waals surface area contributed by atoms with Gasteiger partial charge in [0.25, 0.3) is 0 Å². The van der Waals surface area contributed by atoms with Crippen LogP contribution in [0.15, 0.2) is 41.3 Å². The van der Waals surface area contributed by atoms with Crippen LogP contribution in [0.1, 0.15) is 67.3 Å². The summed E-state index contributed by atoms with van der Waals surface area (Å²) in [4.78, 5) is 13.0. The number of nitrogens with zero attached hydrogens (tertiary/aromatic N) is 1. The van der Waals surface area contributed by atoms with E-state index in [1.165, 1.54) is 22.0 Å². The van der Waals surface area contributed by atoms with Gasteiger partial charge in [0.2, 0.25) is 15.9 Å². The van der Waals surface area contributed by atoms with Crippen LogP contribution >= 0.6 is 0 Å². The molecule has 1 amide bonds. The van der Waals surface area contributed by atoms with Crippen LogP contribution in [0.3, 0.4) is 0 Å². The molecule has 1 fully saturated rings. The van der Waals surface area contributed by atoms with E-state index in [9.17, 15) is 17.6 Å². The van der Waals surface area contributed by atoms with Crippen LogP contribution in [0.5, 0.6) is 0 Å². The second-order valence-corrected chi connectivity index (χ2v) is 10.8. The topological polar surface area (TPSA) is 66.5 Å². The lowest BCUT2D eigenvalue weighted by atomic mass is 9.95. The van der Waals surface area contributed by atoms with Crippen molar-refractivity contribution in [2.24, 2.45) is 0 Å². The Labute approximate surface area is 191 Å². The molecule has 174 valence electrons. The van der Waals surface area contributed by atoms with Crippen molar-refractivity contribution >= 4 is 15.9 Å². The van der Waals surface area contributed by atoms with E-state index in [-0.39, 0.29) is 29.4 Å². The number of rotatable bonds is 7. The predicted octanol–water partition coefficient (Wildman–Crippen LogP) is 4.95. The molecular weight excluding hydrogens is 427 g/mol. The van der Waals surface area contributed by atoms with Gasteiger partial charge in [-0.25, -0.2) is 12.8 Å². The predicted molar refractivity (Wildman–Crippen MR) is 124 cm³/mol. The van der Waals surface area contributed by atoms with E-state index in [0.29, 0.717) is 0 Å². The van der Waals surface area contributed by atoms with E-state index in [1.54, 1.807) is 0 Å². The van der Waals surface area contributed by atoms with Crippen LogP contribution in [0.4, 0.5) is 4.39 Å². The van der Waals surface area contributed by atoms with Gasteiger partial charge in [0.15, 0.2) is 0 Å². The molecule has 0 heterocycles. The Morgan fingerprint density at radius 1 is 1.03 bits per heavy atom. The fraction of sp³-hybridized carbons (Fsp3) is 0.480. The standard InChI is InChI=1S/C25H33FN2O3S/c1-17-14-19(3)24(15-18(17)2)20(4)27-25(29)16-28(22-8-6-5-7-9-22)32(30,31)23-12-10-21(26)11-13-23/h10-15,20,22H,5-9,16H2,1-4H3,(H,27,29)/t20-/m0/s1. The van der Waals surface area contributed by atoms with E-state index in [4.69, 9.17) is 0 Å². The highest BCUT2D eigenvalue weighted by molar-refractivity contribution is 7.89. The van der Waals surface area contributed by atoms with Crippen LogP contribution in [-0.4, -0.2) is 31.2 Å². The molecule has 3 rings (SSSR count). The number of nitrogens with one attached hydrogen (secondary N) is 1. The van der Waals surface area contributed by atoms with Crippen molar-refractivity contribution < 1.29 is 17.6 Å². The summed E-state index contributed by atoms with van der Waals surface area (Å²) in [6, 6.07) is 8.49. The molecule has 5 nitrogen and oxygen atoms in total. The second kappa shape index (κ2) is 10.1. The summed E-state index contributed by atoms with van der Waals surface area (Å²) in [7, 11) is -3.93. The van der Waals surface area contributed by atoms with Crippen LogP contribution in [-0.2, 0) is 14.8 Å². The summed E-state index contributed by atoms with van der Waals surface area (Å²) >= 11 is 0. The number of amides is 1. The zero-order valence-electron chi connectivity index (χ0n) is 19.3. The fourth-order valence-corrected chi connectivity index (χ4v) is 6.12. The molecule has 0 aromatic heterocycles. The zero-order chi connectivity index (χ0) is 23.5. The zero-order valence-corrected chi connectivity index (χ0v) is 20.1. The number of sulfonamides is 1. The molecule has 1 saturated carbocycles. The summed E-state index contributed by atoms with van der Waals surface area (Å²) in [5.41, 5.74) is 4.45. The van der Waals surface area contributed by atoms with Crippen molar-refractivity contribution in [3.05, 3.63) is 64.5 Å². The van der Waals surface area contributed by atoms with Crippen molar-refractivity contribution in [3.8, 4) is 0 Å². The molecule has 32 heavy (non-hydrogen) atoms. The Morgan fingerprint density at radius 3 is 2.25 bits per heavy atom. The number of halogens is 1. The lowest BCUT2D eigenvalue weighted by Crippen LogP contribution is -2.47. The van der Waals surface area contributed by atoms with Crippen molar-refractivity contribution in [2.75, 3.05) is 6.54 Å². The Bertz CT molecular complexity index is 1060. The molecule has 0 bridgehead atoms. The maximum atomic E-state index is 13.4. The minimum absolute atomic E-state index is 0.00956. The first-order chi connectivity index (χ1) is 15.1. The molecule has 0 aliphatic heterocycles. The summed E-state index contributed by atoms with van der Waals surface area (Å²) in [5, 5.41) is 2.98. The van der Waals surface area contributed by atoms with Gasteiger partial charge in [0, 0.05) is 6.04 Å². The van der Waals surface area contributed by atoms with Gasteiger partial charge in [0.1, 0.15) is 5.82 Å². The Hall–Kier alpha value is -2.25. The summed E-state index contributed by atoms with van der Waals surface area (Å²) in [5.74, 6) is -0.838. The van der Waals surface area contributed by atoms with E-state index >= 15 is 0 Å². The number of aryl methyl sites for hydroxylation is 3. The Balaban J connectivity index is 1.82. The molecule has 0 unspecified atom stereocenters. The summed E-state index contributed by atoms with van der Waals surface area (Å²) < 4.78 is 41.5. The van der Waals surface area contributed by atoms with E-state index in [1.807, 2.05) is 20.8 Å². The lowest BCUT2D eigenvalue weighted by Gasteiger charge is -2.33. The highest BCUT2D eigenvalue weighted by Crippen LogP contribution is 2.28. The van der Waals surface area contributed by atoms with Gasteiger partial charge in [-0.2, -0.15) is 4.31 Å². The van der Waals surface area contributed by atoms with Crippen molar-refractivity contribution in [2.45, 2.75) is 76.8 Å². The summed E-state index contributed by atoms with van der Waals surface area (Å²) in [6.45, 7) is 7.76. The van der Waals surface area contributed by atoms with Gasteiger partial charge in [-0.15, -0.1) is 0 Å². The largest absolute Gasteiger partial charge is 0.348 e. The van der Waals surface area contributed by atoms with Crippen molar-refractivity contribution in [1.29, 1.82) is 0 Å². The molecule has 1 atom stereocenters. The van der Waals surface area contributed by atoms with Gasteiger partial charge < -0.3 is 5.32 Å². The molecule has 2 aromatic rings. The highest BCUT2D eigenvalue weighted by Gasteiger charge is 2.34. The molecule has 2 aromatic carbocycles. The Kier molecular flexibility index (Phi) is 7.72. The van der Waals surface area contributed by atoms with E-state index in [2.05, 4.69) is 24.4 Å². The Morgan fingerprint density at radius 2 is 1.62 bits per heavy atom. The average molecular weight is 461 g/mol. The SMILES string of the molecule is Cc1cc(C)c([C@H](C)NC(=O)CN(C2CCCCC2)S(=O)(=O)c2ccc(F)cc2)cc1C. The molecule has 0 spiro atoms. The van der Waals surface area contributed by atoms with Crippen LogP contribution in [0.2, 0.25) is 0 Å². The summed E-state index contributed by atoms with van der Waals surface area (Å²) in [6.07, 6.45) is 4.37. The number of hydrogen-bond acceptors (Lipinski definition) is 3. The second-order valence-electron chi connectivity index (χ2n) is 8.88. The van der Waals surface area contributed by atoms with Crippen LogP contribution in [0, 0.1) is 26.6 Å². The first-order valence-electron chi connectivity index (χ1n) is 11.2. The van der Waals surface area contributed by atoms with Gasteiger partial charge in [-0.05, 0) is 87.1 Å². The normalized spacial score (nSPS) is 16.2. The average Bonchev–Trinajstić information content (AvgIpc) is 2.75. The fourth-order valence-electron chi connectivity index (χ4n) is 4.48. The number of hydrogen-bond donors (Lipinski definition) is 1. The monoisotopic (exact) mass is 460 g/mol. The van der Waals surface area contributed by atoms with Crippen molar-refractivity contribution in [3.63, 3.8) is 0 Å². The van der Waals surface area contributed by atoms with E-state index < -0.39 is 15.8 Å². The number of benzene rings is 2. The van der Waals surface area contributed by atoms with E-state index in [0.717, 1.165) is 60.9 Å². The molecule has 1 aliphatic carbocycles. The minimum Gasteiger partial charge on any atom is -0.348 e. The quantitative estimate of drug-likeness (QED) is 0.636. The van der Waals surface area contributed by atoms with Gasteiger partial charge >= 0.3 is 0 Å². The molecular formula is C25H33FN2O3S. The molecule has 1 aliphatic rings. The maximum Gasteiger partial charge on any atom is 0.243 e. The van der Waals surface area contributed by atoms with Crippen LogP contribution in [0.25, 0.3) is 0 Å². The third kappa shape index (κ3) is 5.56. The van der Waals surface area contributed by atoms with Gasteiger partial charge in [-0.1, -0.05) is 31.4 Å². The first kappa shape index (κ1) is 24.4. The highest BCUT2D eigenvalue weighted by atomic mass is 32.2. The molecule has 1 N–H and O–H groups in total.